The molecule has 0 bridgehead atoms. The standard InChI is InChI=1S/C19H19F3N2O5S/c20-19(21,22)14-3-4-15-13(12-14)2-1-7-24(15)18(25)16-5-6-17(29-16)30(26,27)23-8-10-28-11-9-23/h3-6,12H,1-2,7-11H2. The van der Waals surface area contributed by atoms with Crippen molar-refractivity contribution in [3.05, 3.63) is 47.2 Å². The Hall–Kier alpha value is -2.37. The first-order valence-electron chi connectivity index (χ1n) is 9.37. The zero-order valence-corrected chi connectivity index (χ0v) is 16.6. The van der Waals surface area contributed by atoms with E-state index in [1.54, 1.807) is 0 Å². The second kappa shape index (κ2) is 7.71. The Morgan fingerprint density at radius 1 is 1.03 bits per heavy atom. The number of aryl methyl sites for hydroxylation is 1. The van der Waals surface area contributed by atoms with Gasteiger partial charge in [0, 0.05) is 25.3 Å². The molecule has 0 saturated carbocycles. The van der Waals surface area contributed by atoms with Gasteiger partial charge in [0.15, 0.2) is 5.76 Å². The molecule has 1 saturated heterocycles. The number of morpholine rings is 1. The molecule has 0 atom stereocenters. The molecule has 30 heavy (non-hydrogen) atoms. The molecule has 1 fully saturated rings. The SMILES string of the molecule is O=C(c1ccc(S(=O)(=O)N2CCOCC2)o1)N1CCCc2cc(C(F)(F)F)ccc21. The molecule has 0 spiro atoms. The minimum absolute atomic E-state index is 0.186. The van der Waals surface area contributed by atoms with Gasteiger partial charge in [-0.2, -0.15) is 17.5 Å². The molecule has 7 nitrogen and oxygen atoms in total. The number of carbonyl (C=O) groups excluding carboxylic acids is 1. The molecular weight excluding hydrogens is 425 g/mol. The van der Waals surface area contributed by atoms with Crippen LogP contribution in [0.4, 0.5) is 18.9 Å². The van der Waals surface area contributed by atoms with Crippen LogP contribution >= 0.6 is 0 Å². The second-order valence-corrected chi connectivity index (χ2v) is 8.91. The predicted molar refractivity (Wildman–Crippen MR) is 99.7 cm³/mol. The Kier molecular flexibility index (Phi) is 5.37. The van der Waals surface area contributed by atoms with Crippen LogP contribution in [0.3, 0.4) is 0 Å². The third-order valence-corrected chi connectivity index (χ3v) is 6.90. The molecule has 2 aliphatic rings. The maximum atomic E-state index is 13.0. The Bertz CT molecular complexity index is 1060. The van der Waals surface area contributed by atoms with Gasteiger partial charge in [-0.15, -0.1) is 0 Å². The van der Waals surface area contributed by atoms with Crippen LogP contribution in [0, 0.1) is 0 Å². The van der Waals surface area contributed by atoms with Gasteiger partial charge in [-0.3, -0.25) is 4.79 Å². The molecule has 1 aromatic carbocycles. The van der Waals surface area contributed by atoms with Crippen LogP contribution < -0.4 is 4.90 Å². The fraction of sp³-hybridized carbons (Fsp3) is 0.421. The lowest BCUT2D eigenvalue weighted by Crippen LogP contribution is -2.40. The first-order valence-corrected chi connectivity index (χ1v) is 10.8. The lowest BCUT2D eigenvalue weighted by atomic mass is 9.98. The molecule has 162 valence electrons. The number of amides is 1. The summed E-state index contributed by atoms with van der Waals surface area (Å²) >= 11 is 0. The van der Waals surface area contributed by atoms with Gasteiger partial charge in [-0.1, -0.05) is 0 Å². The van der Waals surface area contributed by atoms with Gasteiger partial charge < -0.3 is 14.1 Å². The van der Waals surface area contributed by atoms with Crippen molar-refractivity contribution < 1.29 is 35.5 Å². The number of hydrogen-bond acceptors (Lipinski definition) is 5. The summed E-state index contributed by atoms with van der Waals surface area (Å²) in [6.45, 7) is 1.22. The van der Waals surface area contributed by atoms with E-state index in [0.717, 1.165) is 12.1 Å². The van der Waals surface area contributed by atoms with Gasteiger partial charge in [0.25, 0.3) is 15.9 Å². The molecule has 3 heterocycles. The maximum Gasteiger partial charge on any atom is 0.416 e. The zero-order chi connectivity index (χ0) is 21.5. The summed E-state index contributed by atoms with van der Waals surface area (Å²) in [5.74, 6) is -0.784. The number of sulfonamides is 1. The van der Waals surface area contributed by atoms with Crippen molar-refractivity contribution in [3.63, 3.8) is 0 Å². The minimum atomic E-state index is -4.47. The molecule has 11 heteroatoms. The molecule has 1 amide bonds. The van der Waals surface area contributed by atoms with Crippen LogP contribution in [0.2, 0.25) is 0 Å². The van der Waals surface area contributed by atoms with Crippen LogP contribution in [0.25, 0.3) is 0 Å². The molecule has 0 aliphatic carbocycles. The molecular formula is C19H19F3N2O5S. The van der Waals surface area contributed by atoms with Gasteiger partial charge in [-0.05, 0) is 48.7 Å². The zero-order valence-electron chi connectivity index (χ0n) is 15.8. The van der Waals surface area contributed by atoms with E-state index >= 15 is 0 Å². The normalized spacial score (nSPS) is 18.3. The van der Waals surface area contributed by atoms with Gasteiger partial charge in [0.05, 0.1) is 18.8 Å². The van der Waals surface area contributed by atoms with Crippen LogP contribution in [0.1, 0.15) is 28.1 Å². The molecule has 0 N–H and O–H groups in total. The van der Waals surface area contributed by atoms with E-state index < -0.39 is 27.7 Å². The number of rotatable bonds is 3. The van der Waals surface area contributed by atoms with Crippen molar-refractivity contribution in [1.29, 1.82) is 0 Å². The average Bonchev–Trinajstić information content (AvgIpc) is 3.23. The molecule has 0 radical (unpaired) electrons. The largest absolute Gasteiger partial charge is 0.438 e. The lowest BCUT2D eigenvalue weighted by molar-refractivity contribution is -0.137. The maximum absolute atomic E-state index is 13.0. The quantitative estimate of drug-likeness (QED) is 0.727. The van der Waals surface area contributed by atoms with Crippen molar-refractivity contribution in [3.8, 4) is 0 Å². The van der Waals surface area contributed by atoms with E-state index in [2.05, 4.69) is 0 Å². The first kappa shape index (κ1) is 20.9. The van der Waals surface area contributed by atoms with Crippen molar-refractivity contribution in [2.75, 3.05) is 37.7 Å². The number of hydrogen-bond donors (Lipinski definition) is 0. The highest BCUT2D eigenvalue weighted by Crippen LogP contribution is 2.36. The third-order valence-electron chi connectivity index (χ3n) is 5.13. The smallest absolute Gasteiger partial charge is 0.416 e. The van der Waals surface area contributed by atoms with Crippen molar-refractivity contribution >= 4 is 21.6 Å². The fourth-order valence-electron chi connectivity index (χ4n) is 3.61. The Labute approximate surface area is 171 Å². The number of anilines is 1. The molecule has 2 aliphatic heterocycles. The summed E-state index contributed by atoms with van der Waals surface area (Å²) in [4.78, 5) is 14.3. The van der Waals surface area contributed by atoms with Crippen LogP contribution in [0.15, 0.2) is 39.8 Å². The van der Waals surface area contributed by atoms with E-state index in [9.17, 15) is 26.4 Å². The van der Waals surface area contributed by atoms with Crippen LogP contribution in [-0.2, 0) is 27.4 Å². The third kappa shape index (κ3) is 3.84. The summed E-state index contributed by atoms with van der Waals surface area (Å²) in [5, 5.41) is -0.350. The van der Waals surface area contributed by atoms with Crippen LogP contribution in [-0.4, -0.2) is 51.5 Å². The molecule has 1 aromatic heterocycles. The molecule has 4 rings (SSSR count). The molecule has 0 unspecified atom stereocenters. The molecule has 2 aromatic rings. The number of carbonyl (C=O) groups is 1. The summed E-state index contributed by atoms with van der Waals surface area (Å²) in [6, 6.07) is 5.74. The van der Waals surface area contributed by atoms with E-state index in [0.29, 0.717) is 30.6 Å². The summed E-state index contributed by atoms with van der Waals surface area (Å²) in [6.07, 6.45) is -3.57. The van der Waals surface area contributed by atoms with E-state index in [-0.39, 0.29) is 37.2 Å². The predicted octanol–water partition coefficient (Wildman–Crippen LogP) is 2.91. The number of alkyl halides is 3. The Morgan fingerprint density at radius 3 is 2.47 bits per heavy atom. The van der Waals surface area contributed by atoms with Crippen molar-refractivity contribution in [2.45, 2.75) is 24.1 Å². The Balaban J connectivity index is 1.60. The lowest BCUT2D eigenvalue weighted by Gasteiger charge is -2.29. The van der Waals surface area contributed by atoms with E-state index in [1.807, 2.05) is 0 Å². The van der Waals surface area contributed by atoms with Gasteiger partial charge in [0.1, 0.15) is 0 Å². The first-order chi connectivity index (χ1) is 14.2. The van der Waals surface area contributed by atoms with Gasteiger partial charge >= 0.3 is 6.18 Å². The number of ether oxygens (including phenoxy) is 1. The van der Waals surface area contributed by atoms with Crippen molar-refractivity contribution in [2.24, 2.45) is 0 Å². The number of benzene rings is 1. The van der Waals surface area contributed by atoms with Gasteiger partial charge in [0.2, 0.25) is 5.09 Å². The number of nitrogens with zero attached hydrogens (tertiary/aromatic N) is 2. The fourth-order valence-corrected chi connectivity index (χ4v) is 4.92. The van der Waals surface area contributed by atoms with E-state index in [1.165, 1.54) is 27.4 Å². The summed E-state index contributed by atoms with van der Waals surface area (Å²) in [7, 11) is -3.90. The summed E-state index contributed by atoms with van der Waals surface area (Å²) < 4.78 is 76.0. The average molecular weight is 444 g/mol. The Morgan fingerprint density at radius 2 is 1.77 bits per heavy atom. The highest BCUT2D eigenvalue weighted by Gasteiger charge is 2.34. The number of furan rings is 1. The second-order valence-electron chi connectivity index (χ2n) is 7.04. The number of halogens is 3. The van der Waals surface area contributed by atoms with Crippen molar-refractivity contribution in [1.82, 2.24) is 4.31 Å². The summed E-state index contributed by atoms with van der Waals surface area (Å²) in [5.41, 5.74) is 0.0119. The van der Waals surface area contributed by atoms with Crippen LogP contribution in [0.5, 0.6) is 0 Å². The highest BCUT2D eigenvalue weighted by atomic mass is 32.2. The highest BCUT2D eigenvalue weighted by molar-refractivity contribution is 7.89. The topological polar surface area (TPSA) is 80.1 Å². The number of fused-ring (bicyclic) bond motifs is 1. The minimum Gasteiger partial charge on any atom is -0.438 e. The van der Waals surface area contributed by atoms with E-state index in [4.69, 9.17) is 9.15 Å². The monoisotopic (exact) mass is 444 g/mol. The van der Waals surface area contributed by atoms with Gasteiger partial charge in [-0.25, -0.2) is 8.42 Å².